The number of hydrogen-bond donors (Lipinski definition) is 0. The molecule has 5 rings (SSSR count). The fraction of sp³-hybridized carbons (Fsp3) is 0.240. The van der Waals surface area contributed by atoms with Gasteiger partial charge in [-0.25, -0.2) is 4.98 Å². The Bertz CT molecular complexity index is 1200. The highest BCUT2D eigenvalue weighted by Crippen LogP contribution is 2.36. The van der Waals surface area contributed by atoms with E-state index in [0.717, 1.165) is 33.6 Å². The Morgan fingerprint density at radius 1 is 0.767 bits per heavy atom. The van der Waals surface area contributed by atoms with Gasteiger partial charge in [0.15, 0.2) is 0 Å². The Balaban J connectivity index is 1.65. The van der Waals surface area contributed by atoms with E-state index in [0.29, 0.717) is 0 Å². The third-order valence-electron chi connectivity index (χ3n) is 6.25. The maximum absolute atomic E-state index is 6.28. The number of fused-ring (bicyclic) bond motifs is 1. The predicted octanol–water partition coefficient (Wildman–Crippen LogP) is 4.99. The lowest BCUT2D eigenvalue weighted by molar-refractivity contribution is 0.00578. The lowest BCUT2D eigenvalue weighted by Crippen LogP contribution is -2.41. The highest BCUT2D eigenvalue weighted by atomic mass is 16.7. The summed E-state index contributed by atoms with van der Waals surface area (Å²) in [6.45, 7) is 8.31. The van der Waals surface area contributed by atoms with E-state index in [4.69, 9.17) is 14.3 Å². The zero-order valence-corrected chi connectivity index (χ0v) is 17.8. The zero-order chi connectivity index (χ0) is 20.9. The van der Waals surface area contributed by atoms with Gasteiger partial charge in [-0.05, 0) is 57.4 Å². The van der Waals surface area contributed by atoms with Crippen LogP contribution in [0.3, 0.4) is 0 Å². The molecule has 0 atom stereocenters. The minimum Gasteiger partial charge on any atom is -0.399 e. The smallest absolute Gasteiger partial charge is 0.399 e. The molecule has 150 valence electrons. The van der Waals surface area contributed by atoms with Crippen LogP contribution in [0.25, 0.3) is 28.1 Å². The van der Waals surface area contributed by atoms with E-state index >= 15 is 0 Å². The Labute approximate surface area is 177 Å². The van der Waals surface area contributed by atoms with Gasteiger partial charge in [-0.1, -0.05) is 54.6 Å². The molecule has 0 radical (unpaired) electrons. The summed E-state index contributed by atoms with van der Waals surface area (Å²) in [6.07, 6.45) is 0. The third kappa shape index (κ3) is 3.06. The first-order valence-corrected chi connectivity index (χ1v) is 10.3. The van der Waals surface area contributed by atoms with Crippen molar-refractivity contribution in [2.24, 2.45) is 0 Å². The minimum atomic E-state index is -0.398. The minimum absolute atomic E-state index is 0.370. The highest BCUT2D eigenvalue weighted by molar-refractivity contribution is 6.62. The van der Waals surface area contributed by atoms with Crippen molar-refractivity contribution in [2.75, 3.05) is 0 Å². The van der Waals surface area contributed by atoms with E-state index in [2.05, 4.69) is 80.8 Å². The molecule has 3 aromatic carbocycles. The standard InChI is InChI=1S/C25H25BN2O2/c1-24(2)25(3,4)30-26(29-24)19-13-10-14-20(17-19)28-22-16-9-8-15-21(22)27-23(28)18-11-6-5-7-12-18/h5-17H,1-4H3. The second-order valence-corrected chi connectivity index (χ2v) is 8.81. The summed E-state index contributed by atoms with van der Waals surface area (Å²) in [5, 5.41) is 0. The van der Waals surface area contributed by atoms with Crippen LogP contribution in [0.5, 0.6) is 0 Å². The first kappa shape index (κ1) is 19.1. The van der Waals surface area contributed by atoms with Crippen LogP contribution in [-0.4, -0.2) is 27.9 Å². The Kier molecular flexibility index (Phi) is 4.35. The average molecular weight is 396 g/mol. The van der Waals surface area contributed by atoms with Gasteiger partial charge in [0, 0.05) is 11.3 Å². The van der Waals surface area contributed by atoms with Crippen LogP contribution in [0, 0.1) is 0 Å². The van der Waals surface area contributed by atoms with Crippen molar-refractivity contribution in [3.63, 3.8) is 0 Å². The Hall–Kier alpha value is -2.89. The monoisotopic (exact) mass is 396 g/mol. The van der Waals surface area contributed by atoms with Crippen LogP contribution in [-0.2, 0) is 9.31 Å². The summed E-state index contributed by atoms with van der Waals surface area (Å²) in [5.41, 5.74) is 4.42. The van der Waals surface area contributed by atoms with Gasteiger partial charge in [0.1, 0.15) is 5.82 Å². The quantitative estimate of drug-likeness (QED) is 0.458. The largest absolute Gasteiger partial charge is 0.494 e. The number of nitrogens with zero attached hydrogens (tertiary/aromatic N) is 2. The summed E-state index contributed by atoms with van der Waals surface area (Å²) >= 11 is 0. The van der Waals surface area contributed by atoms with E-state index in [1.165, 1.54) is 0 Å². The molecule has 1 fully saturated rings. The maximum atomic E-state index is 6.28. The van der Waals surface area contributed by atoms with Crippen LogP contribution in [0.15, 0.2) is 78.9 Å². The third-order valence-corrected chi connectivity index (χ3v) is 6.25. The van der Waals surface area contributed by atoms with Crippen LogP contribution < -0.4 is 5.46 Å². The van der Waals surface area contributed by atoms with Crippen molar-refractivity contribution < 1.29 is 9.31 Å². The molecule has 30 heavy (non-hydrogen) atoms. The van der Waals surface area contributed by atoms with Crippen LogP contribution in [0.1, 0.15) is 27.7 Å². The van der Waals surface area contributed by atoms with E-state index in [1.807, 2.05) is 30.3 Å². The lowest BCUT2D eigenvalue weighted by atomic mass is 9.79. The van der Waals surface area contributed by atoms with Crippen LogP contribution in [0.4, 0.5) is 0 Å². The van der Waals surface area contributed by atoms with Crippen molar-refractivity contribution in [3.8, 4) is 17.1 Å². The van der Waals surface area contributed by atoms with Gasteiger partial charge in [0.2, 0.25) is 0 Å². The molecule has 0 saturated carbocycles. The molecule has 0 spiro atoms. The summed E-state index contributed by atoms with van der Waals surface area (Å²) in [5.74, 6) is 0.919. The number of aromatic nitrogens is 2. The summed E-state index contributed by atoms with van der Waals surface area (Å²) in [6, 6.07) is 26.9. The van der Waals surface area contributed by atoms with Gasteiger partial charge >= 0.3 is 7.12 Å². The molecule has 1 aliphatic heterocycles. The lowest BCUT2D eigenvalue weighted by Gasteiger charge is -2.32. The Morgan fingerprint density at radius 2 is 1.43 bits per heavy atom. The summed E-state index contributed by atoms with van der Waals surface area (Å²) in [7, 11) is -0.398. The van der Waals surface area contributed by atoms with Crippen molar-refractivity contribution in [1.29, 1.82) is 0 Å². The van der Waals surface area contributed by atoms with Gasteiger partial charge in [0.05, 0.1) is 22.2 Å². The van der Waals surface area contributed by atoms with E-state index in [1.54, 1.807) is 0 Å². The molecule has 0 unspecified atom stereocenters. The summed E-state index contributed by atoms with van der Waals surface area (Å²) in [4.78, 5) is 4.93. The molecule has 0 bridgehead atoms. The average Bonchev–Trinajstić information content (AvgIpc) is 3.23. The number of benzene rings is 3. The molecule has 1 aliphatic rings. The van der Waals surface area contributed by atoms with Crippen molar-refractivity contribution in [3.05, 3.63) is 78.9 Å². The fourth-order valence-electron chi connectivity index (χ4n) is 3.86. The van der Waals surface area contributed by atoms with E-state index in [9.17, 15) is 0 Å². The van der Waals surface area contributed by atoms with E-state index in [-0.39, 0.29) is 11.2 Å². The summed E-state index contributed by atoms with van der Waals surface area (Å²) < 4.78 is 14.8. The molecule has 4 nitrogen and oxygen atoms in total. The zero-order valence-electron chi connectivity index (χ0n) is 17.8. The molecule has 5 heteroatoms. The molecule has 0 amide bonds. The molecule has 2 heterocycles. The number of hydrogen-bond acceptors (Lipinski definition) is 3. The molecule has 4 aromatic rings. The Morgan fingerprint density at radius 3 is 2.17 bits per heavy atom. The van der Waals surface area contributed by atoms with Gasteiger partial charge in [-0.15, -0.1) is 0 Å². The molecule has 1 aromatic heterocycles. The van der Waals surface area contributed by atoms with Crippen molar-refractivity contribution in [2.45, 2.75) is 38.9 Å². The molecular formula is C25H25BN2O2. The second kappa shape index (κ2) is 6.83. The maximum Gasteiger partial charge on any atom is 0.494 e. The predicted molar refractivity (Wildman–Crippen MR) is 122 cm³/mol. The van der Waals surface area contributed by atoms with Gasteiger partial charge in [0.25, 0.3) is 0 Å². The number of para-hydroxylation sites is 2. The second-order valence-electron chi connectivity index (χ2n) is 8.81. The van der Waals surface area contributed by atoms with Crippen molar-refractivity contribution in [1.82, 2.24) is 9.55 Å². The SMILES string of the molecule is CC1(C)OB(c2cccc(-n3c(-c4ccccc4)nc4ccccc43)c2)OC1(C)C. The fourth-order valence-corrected chi connectivity index (χ4v) is 3.86. The van der Waals surface area contributed by atoms with Gasteiger partial charge < -0.3 is 9.31 Å². The molecule has 0 N–H and O–H groups in total. The molecular weight excluding hydrogens is 371 g/mol. The molecule has 0 aliphatic carbocycles. The van der Waals surface area contributed by atoms with Crippen LogP contribution in [0.2, 0.25) is 0 Å². The number of imidazole rings is 1. The number of rotatable bonds is 3. The normalized spacial score (nSPS) is 17.5. The van der Waals surface area contributed by atoms with Gasteiger partial charge in [-0.3, -0.25) is 4.57 Å². The van der Waals surface area contributed by atoms with Crippen molar-refractivity contribution >= 4 is 23.6 Å². The highest BCUT2D eigenvalue weighted by Gasteiger charge is 2.51. The molecule has 1 saturated heterocycles. The topological polar surface area (TPSA) is 36.3 Å². The first-order valence-electron chi connectivity index (χ1n) is 10.3. The van der Waals surface area contributed by atoms with E-state index < -0.39 is 7.12 Å². The van der Waals surface area contributed by atoms with Crippen LogP contribution >= 0.6 is 0 Å². The van der Waals surface area contributed by atoms with Gasteiger partial charge in [-0.2, -0.15) is 0 Å². The first-order chi connectivity index (χ1) is 14.4.